The number of hydrogen-bond acceptors (Lipinski definition) is 4. The minimum Gasteiger partial charge on any atom is -0.536 e. The fraction of sp³-hybridized carbons (Fsp3) is 0.250. The molecule has 110 valence electrons. The molecule has 0 aliphatic heterocycles. The van der Waals surface area contributed by atoms with E-state index in [4.69, 9.17) is 19.6 Å². The van der Waals surface area contributed by atoms with E-state index in [0.29, 0.717) is 13.2 Å². The molecule has 5 heteroatoms. The Kier molecular flexibility index (Phi) is 5.51. The third-order valence-electron chi connectivity index (χ3n) is 2.73. The average molecular weight is 301 g/mol. The van der Waals surface area contributed by atoms with E-state index >= 15 is 0 Å². The summed E-state index contributed by atoms with van der Waals surface area (Å²) in [7, 11) is 0.142. The van der Waals surface area contributed by atoms with Crippen LogP contribution in [0, 0.1) is 0 Å². The predicted molar refractivity (Wildman–Crippen MR) is 85.7 cm³/mol. The van der Waals surface area contributed by atoms with Gasteiger partial charge in [0, 0.05) is 10.9 Å². The van der Waals surface area contributed by atoms with Gasteiger partial charge in [0.1, 0.15) is 5.75 Å². The van der Waals surface area contributed by atoms with Crippen LogP contribution in [0.3, 0.4) is 0 Å². The summed E-state index contributed by atoms with van der Waals surface area (Å²) in [6.45, 7) is 5.10. The summed E-state index contributed by atoms with van der Waals surface area (Å²) in [6, 6.07) is 13.2. The van der Waals surface area contributed by atoms with Gasteiger partial charge in [0.25, 0.3) is 0 Å². The highest BCUT2D eigenvalue weighted by Crippen LogP contribution is 2.24. The number of ether oxygens (including phenoxy) is 2. The van der Waals surface area contributed by atoms with Crippen LogP contribution in [0.1, 0.15) is 13.8 Å². The Morgan fingerprint density at radius 1 is 0.952 bits per heavy atom. The molecule has 0 unspecified atom stereocenters. The zero-order valence-electron chi connectivity index (χ0n) is 12.3. The monoisotopic (exact) mass is 301 g/mol. The van der Waals surface area contributed by atoms with Crippen LogP contribution in [0.4, 0.5) is 5.69 Å². The van der Waals surface area contributed by atoms with Gasteiger partial charge in [-0.2, -0.15) is 0 Å². The summed E-state index contributed by atoms with van der Waals surface area (Å²) in [4.78, 5) is 0. The molecule has 2 aromatic rings. The summed E-state index contributed by atoms with van der Waals surface area (Å²) < 4.78 is 17.1. The molecule has 0 bridgehead atoms. The van der Waals surface area contributed by atoms with E-state index in [1.165, 1.54) is 0 Å². The highest BCUT2D eigenvalue weighted by molar-refractivity contribution is 6.49. The van der Waals surface area contributed by atoms with Gasteiger partial charge >= 0.3 is 9.76 Å². The van der Waals surface area contributed by atoms with Gasteiger partial charge in [0.2, 0.25) is 0 Å². The standard InChI is InChI=1S/C16H19NO3Si/c1-3-18-14-6-5-7-15(16(14)19-4-2)21-20-13-10-8-12(17)9-11-13/h5-11H,3-4,17H2,1-2H3. The van der Waals surface area contributed by atoms with Gasteiger partial charge in [-0.15, -0.1) is 0 Å². The number of nitrogen functional groups attached to an aromatic ring is 1. The van der Waals surface area contributed by atoms with Crippen molar-refractivity contribution in [3.8, 4) is 17.2 Å². The number of benzene rings is 2. The van der Waals surface area contributed by atoms with Crippen molar-refractivity contribution in [2.45, 2.75) is 13.8 Å². The second-order valence-electron chi connectivity index (χ2n) is 4.27. The van der Waals surface area contributed by atoms with Gasteiger partial charge in [-0.05, 0) is 44.2 Å². The van der Waals surface area contributed by atoms with Gasteiger partial charge in [0.15, 0.2) is 11.5 Å². The highest BCUT2D eigenvalue weighted by atomic mass is 28.2. The van der Waals surface area contributed by atoms with E-state index in [1.54, 1.807) is 0 Å². The van der Waals surface area contributed by atoms with Crippen molar-refractivity contribution in [3.05, 3.63) is 42.5 Å². The number of hydrogen-bond donors (Lipinski definition) is 1. The third kappa shape index (κ3) is 4.16. The maximum Gasteiger partial charge on any atom is 0.355 e. The molecule has 0 aromatic heterocycles. The number of anilines is 1. The maximum atomic E-state index is 5.80. The lowest BCUT2D eigenvalue weighted by Crippen LogP contribution is -2.23. The average Bonchev–Trinajstić information content (AvgIpc) is 2.49. The van der Waals surface area contributed by atoms with Crippen LogP contribution in [0.5, 0.6) is 17.2 Å². The summed E-state index contributed by atoms with van der Waals surface area (Å²) in [5, 5.41) is 0.986. The van der Waals surface area contributed by atoms with Gasteiger partial charge in [-0.1, -0.05) is 12.1 Å². The van der Waals surface area contributed by atoms with Crippen LogP contribution in [-0.2, 0) is 0 Å². The zero-order valence-corrected chi connectivity index (χ0v) is 13.3. The normalized spacial score (nSPS) is 10.2. The van der Waals surface area contributed by atoms with Crippen LogP contribution < -0.4 is 24.8 Å². The first-order chi connectivity index (χ1) is 10.2. The van der Waals surface area contributed by atoms with Crippen molar-refractivity contribution in [3.63, 3.8) is 0 Å². The zero-order chi connectivity index (χ0) is 15.1. The number of rotatable bonds is 7. The largest absolute Gasteiger partial charge is 0.536 e. The number of nitrogens with two attached hydrogens (primary N) is 1. The van der Waals surface area contributed by atoms with Crippen molar-refractivity contribution >= 4 is 20.6 Å². The molecule has 0 saturated carbocycles. The van der Waals surface area contributed by atoms with Gasteiger partial charge in [-0.3, -0.25) is 0 Å². The quantitative estimate of drug-likeness (QED) is 0.630. The van der Waals surface area contributed by atoms with E-state index in [2.05, 4.69) is 0 Å². The summed E-state index contributed by atoms with van der Waals surface area (Å²) in [5.41, 5.74) is 6.38. The fourth-order valence-electron chi connectivity index (χ4n) is 1.81. The molecule has 2 aromatic carbocycles. The van der Waals surface area contributed by atoms with Gasteiger partial charge in [-0.25, -0.2) is 0 Å². The topological polar surface area (TPSA) is 53.7 Å². The molecule has 2 radical (unpaired) electrons. The maximum absolute atomic E-state index is 5.80. The lowest BCUT2D eigenvalue weighted by atomic mass is 10.3. The van der Waals surface area contributed by atoms with Gasteiger partial charge < -0.3 is 19.6 Å². The highest BCUT2D eigenvalue weighted by Gasteiger charge is 2.13. The smallest absolute Gasteiger partial charge is 0.355 e. The first-order valence-corrected chi connectivity index (χ1v) is 7.82. The Hall–Kier alpha value is -2.14. The molecule has 0 aliphatic carbocycles. The molecule has 0 fully saturated rings. The minimum atomic E-state index is 0.142. The Bertz CT molecular complexity index is 572. The van der Waals surface area contributed by atoms with Crippen LogP contribution in [0.2, 0.25) is 0 Å². The lowest BCUT2D eigenvalue weighted by Gasteiger charge is -2.14. The molecule has 0 heterocycles. The molecule has 21 heavy (non-hydrogen) atoms. The second kappa shape index (κ2) is 7.59. The van der Waals surface area contributed by atoms with Gasteiger partial charge in [0.05, 0.1) is 13.2 Å². The first kappa shape index (κ1) is 15.2. The number of para-hydroxylation sites is 1. The molecule has 2 N–H and O–H groups in total. The SMILES string of the molecule is CCOc1cccc([Si]Oc2ccc(N)cc2)c1OCC. The van der Waals surface area contributed by atoms with E-state index in [0.717, 1.165) is 28.1 Å². The van der Waals surface area contributed by atoms with Crippen molar-refractivity contribution in [1.82, 2.24) is 0 Å². The molecule has 0 amide bonds. The lowest BCUT2D eigenvalue weighted by molar-refractivity contribution is 0.289. The first-order valence-electron chi connectivity index (χ1n) is 6.91. The van der Waals surface area contributed by atoms with Crippen LogP contribution >= 0.6 is 0 Å². The van der Waals surface area contributed by atoms with E-state index < -0.39 is 0 Å². The van der Waals surface area contributed by atoms with Crippen molar-refractivity contribution in [2.24, 2.45) is 0 Å². The molecule has 0 saturated heterocycles. The van der Waals surface area contributed by atoms with Crippen LogP contribution in [0.15, 0.2) is 42.5 Å². The third-order valence-corrected chi connectivity index (χ3v) is 3.68. The second-order valence-corrected chi connectivity index (χ2v) is 5.22. The summed E-state index contributed by atoms with van der Waals surface area (Å²) in [6.07, 6.45) is 0. The predicted octanol–water partition coefficient (Wildman–Crippen LogP) is 2.39. The minimum absolute atomic E-state index is 0.142. The molecular formula is C16H19NO3Si. The van der Waals surface area contributed by atoms with Crippen LogP contribution in [0.25, 0.3) is 0 Å². The molecule has 0 aliphatic rings. The molecule has 2 rings (SSSR count). The molecular weight excluding hydrogens is 282 g/mol. The van der Waals surface area contributed by atoms with E-state index in [-0.39, 0.29) is 9.76 Å². The molecule has 0 spiro atoms. The Labute approximate surface area is 127 Å². The van der Waals surface area contributed by atoms with E-state index in [9.17, 15) is 0 Å². The Morgan fingerprint density at radius 3 is 2.33 bits per heavy atom. The summed E-state index contributed by atoms with van der Waals surface area (Å²) in [5.74, 6) is 2.30. The van der Waals surface area contributed by atoms with Crippen LogP contribution in [-0.4, -0.2) is 23.0 Å². The Balaban J connectivity index is 2.14. The van der Waals surface area contributed by atoms with Crippen molar-refractivity contribution < 1.29 is 13.9 Å². The van der Waals surface area contributed by atoms with Crippen molar-refractivity contribution in [1.29, 1.82) is 0 Å². The molecule has 4 nitrogen and oxygen atoms in total. The van der Waals surface area contributed by atoms with E-state index in [1.807, 2.05) is 56.3 Å². The summed E-state index contributed by atoms with van der Waals surface area (Å²) >= 11 is 0. The molecule has 0 atom stereocenters. The Morgan fingerprint density at radius 2 is 1.67 bits per heavy atom. The van der Waals surface area contributed by atoms with Crippen molar-refractivity contribution in [2.75, 3.05) is 18.9 Å². The fourth-order valence-corrected chi connectivity index (χ4v) is 2.62.